The number of carbonyl (C=O) groups excluding carboxylic acids is 1. The highest BCUT2D eigenvalue weighted by Crippen LogP contribution is 2.13. The lowest BCUT2D eigenvalue weighted by Gasteiger charge is -2.16. The molecule has 0 saturated heterocycles. The van der Waals surface area contributed by atoms with E-state index in [-0.39, 0.29) is 5.78 Å². The molecule has 0 bridgehead atoms. The predicted octanol–water partition coefficient (Wildman–Crippen LogP) is 4.46. The van der Waals surface area contributed by atoms with Crippen LogP contribution in [-0.2, 0) is 6.54 Å². The molecule has 0 amide bonds. The van der Waals surface area contributed by atoms with Crippen molar-refractivity contribution >= 4 is 21.7 Å². The van der Waals surface area contributed by atoms with Gasteiger partial charge >= 0.3 is 0 Å². The van der Waals surface area contributed by atoms with Crippen molar-refractivity contribution in [1.82, 2.24) is 4.90 Å². The predicted molar refractivity (Wildman–Crippen MR) is 90.6 cm³/mol. The number of halogens is 1. The molecule has 0 radical (unpaired) electrons. The van der Waals surface area contributed by atoms with Crippen molar-refractivity contribution in [2.75, 3.05) is 13.6 Å². The van der Waals surface area contributed by atoms with E-state index in [9.17, 15) is 4.79 Å². The van der Waals surface area contributed by atoms with Gasteiger partial charge in [0.05, 0.1) is 0 Å². The molecule has 2 rings (SSSR count). The number of nitrogens with zero attached hydrogens (tertiary/aromatic N) is 1. The Balaban J connectivity index is 1.84. The van der Waals surface area contributed by atoms with Crippen LogP contribution in [0.1, 0.15) is 27.9 Å². The highest BCUT2D eigenvalue weighted by Gasteiger charge is 2.08. The van der Waals surface area contributed by atoms with Crippen LogP contribution < -0.4 is 0 Å². The van der Waals surface area contributed by atoms with Crippen molar-refractivity contribution in [1.29, 1.82) is 0 Å². The molecule has 0 saturated carbocycles. The summed E-state index contributed by atoms with van der Waals surface area (Å²) in [6.45, 7) is 3.64. The van der Waals surface area contributed by atoms with Crippen LogP contribution in [0.15, 0.2) is 53.0 Å². The van der Waals surface area contributed by atoms with Crippen LogP contribution in [0.4, 0.5) is 0 Å². The summed E-state index contributed by atoms with van der Waals surface area (Å²) in [5, 5.41) is 0. The van der Waals surface area contributed by atoms with Gasteiger partial charge in [0, 0.05) is 29.5 Å². The molecule has 2 nitrogen and oxygen atoms in total. The van der Waals surface area contributed by atoms with E-state index in [1.807, 2.05) is 50.4 Å². The number of Topliss-reactive ketones (excluding diaryl/α,β-unsaturated/α-hetero) is 1. The molecule has 0 heterocycles. The lowest BCUT2D eigenvalue weighted by molar-refractivity contribution is 0.0968. The number of aryl methyl sites for hydroxylation is 1. The maximum Gasteiger partial charge on any atom is 0.164 e. The highest BCUT2D eigenvalue weighted by atomic mass is 79.9. The topological polar surface area (TPSA) is 20.3 Å². The molecule has 0 aliphatic heterocycles. The van der Waals surface area contributed by atoms with Crippen molar-refractivity contribution in [3.05, 3.63) is 69.7 Å². The van der Waals surface area contributed by atoms with E-state index in [1.54, 1.807) is 0 Å². The van der Waals surface area contributed by atoms with E-state index in [0.29, 0.717) is 6.42 Å². The second-order valence-corrected chi connectivity index (χ2v) is 6.32. The van der Waals surface area contributed by atoms with E-state index in [0.717, 1.165) is 23.1 Å². The molecule has 0 unspecified atom stereocenters. The number of ketones is 1. The van der Waals surface area contributed by atoms with Gasteiger partial charge in [-0.15, -0.1) is 0 Å². The molecule has 3 heteroatoms. The highest BCUT2D eigenvalue weighted by molar-refractivity contribution is 9.10. The Hall–Kier alpha value is -1.45. The molecule has 110 valence electrons. The van der Waals surface area contributed by atoms with Crippen LogP contribution >= 0.6 is 15.9 Å². The molecule has 21 heavy (non-hydrogen) atoms. The van der Waals surface area contributed by atoms with E-state index in [1.165, 1.54) is 11.1 Å². The minimum Gasteiger partial charge on any atom is -0.302 e. The first-order valence-electron chi connectivity index (χ1n) is 7.07. The smallest absolute Gasteiger partial charge is 0.164 e. The van der Waals surface area contributed by atoms with Gasteiger partial charge in [-0.25, -0.2) is 0 Å². The minimum atomic E-state index is 0.205. The van der Waals surface area contributed by atoms with E-state index in [2.05, 4.69) is 33.0 Å². The third-order valence-electron chi connectivity index (χ3n) is 3.44. The summed E-state index contributed by atoms with van der Waals surface area (Å²) in [7, 11) is 2.04. The number of hydrogen-bond donors (Lipinski definition) is 0. The molecule has 2 aromatic carbocycles. The summed E-state index contributed by atoms with van der Waals surface area (Å²) in [5.74, 6) is 0.205. The summed E-state index contributed by atoms with van der Waals surface area (Å²) < 4.78 is 1.09. The Kier molecular flexibility index (Phi) is 5.71. The quantitative estimate of drug-likeness (QED) is 0.720. The molecular formula is C18H20BrNO. The van der Waals surface area contributed by atoms with Crippen LogP contribution in [0, 0.1) is 6.92 Å². The lowest BCUT2D eigenvalue weighted by atomic mass is 10.1. The number of hydrogen-bond acceptors (Lipinski definition) is 2. The first-order chi connectivity index (χ1) is 10.0. The van der Waals surface area contributed by atoms with Gasteiger partial charge in [0.1, 0.15) is 0 Å². The standard InChI is InChI=1S/C18H20BrNO/c1-14-6-8-16(9-7-14)18(21)10-11-20(2)13-15-4-3-5-17(19)12-15/h3-9,12H,10-11,13H2,1-2H3. The Morgan fingerprint density at radius 1 is 1.14 bits per heavy atom. The monoisotopic (exact) mass is 345 g/mol. The van der Waals surface area contributed by atoms with Crippen LogP contribution in [0.2, 0.25) is 0 Å². The second-order valence-electron chi connectivity index (χ2n) is 5.41. The number of benzene rings is 2. The third-order valence-corrected chi connectivity index (χ3v) is 3.93. The minimum absolute atomic E-state index is 0.205. The maximum absolute atomic E-state index is 12.1. The molecule has 0 aliphatic rings. The fourth-order valence-electron chi connectivity index (χ4n) is 2.20. The Bertz CT molecular complexity index is 607. The molecule has 0 aromatic heterocycles. The van der Waals surface area contributed by atoms with Crippen LogP contribution in [0.3, 0.4) is 0 Å². The molecule has 2 aromatic rings. The van der Waals surface area contributed by atoms with E-state index >= 15 is 0 Å². The SMILES string of the molecule is Cc1ccc(C(=O)CCN(C)Cc2cccc(Br)c2)cc1. The van der Waals surface area contributed by atoms with Crippen LogP contribution in [-0.4, -0.2) is 24.3 Å². The average Bonchev–Trinajstić information content (AvgIpc) is 2.45. The first kappa shape index (κ1) is 15.9. The van der Waals surface area contributed by atoms with Gasteiger partial charge in [0.15, 0.2) is 5.78 Å². The van der Waals surface area contributed by atoms with E-state index < -0.39 is 0 Å². The molecule has 0 fully saturated rings. The van der Waals surface area contributed by atoms with E-state index in [4.69, 9.17) is 0 Å². The molecule has 0 spiro atoms. The molecule has 0 atom stereocenters. The van der Waals surface area contributed by atoms with Crippen molar-refractivity contribution in [2.45, 2.75) is 19.9 Å². The summed E-state index contributed by atoms with van der Waals surface area (Å²) >= 11 is 3.48. The maximum atomic E-state index is 12.1. The zero-order valence-corrected chi connectivity index (χ0v) is 14.1. The van der Waals surface area contributed by atoms with Gasteiger partial charge in [-0.3, -0.25) is 4.79 Å². The fourth-order valence-corrected chi connectivity index (χ4v) is 2.65. The second kappa shape index (κ2) is 7.53. The zero-order chi connectivity index (χ0) is 15.2. The Morgan fingerprint density at radius 2 is 1.86 bits per heavy atom. The summed E-state index contributed by atoms with van der Waals surface area (Å²) in [6.07, 6.45) is 0.549. The third kappa shape index (κ3) is 5.10. The summed E-state index contributed by atoms with van der Waals surface area (Å²) in [5.41, 5.74) is 3.23. The lowest BCUT2D eigenvalue weighted by Crippen LogP contribution is -2.21. The number of rotatable bonds is 6. The molecule has 0 aliphatic carbocycles. The largest absolute Gasteiger partial charge is 0.302 e. The van der Waals surface area contributed by atoms with Gasteiger partial charge < -0.3 is 4.90 Å². The van der Waals surface area contributed by atoms with Gasteiger partial charge in [-0.05, 0) is 31.7 Å². The zero-order valence-electron chi connectivity index (χ0n) is 12.5. The van der Waals surface area contributed by atoms with Gasteiger partial charge in [0.2, 0.25) is 0 Å². The fraction of sp³-hybridized carbons (Fsp3) is 0.278. The van der Waals surface area contributed by atoms with Gasteiger partial charge in [0.25, 0.3) is 0 Å². The van der Waals surface area contributed by atoms with Crippen molar-refractivity contribution in [3.63, 3.8) is 0 Å². The summed E-state index contributed by atoms with van der Waals surface area (Å²) in [4.78, 5) is 14.3. The van der Waals surface area contributed by atoms with Crippen molar-refractivity contribution in [2.24, 2.45) is 0 Å². The number of carbonyl (C=O) groups is 1. The van der Waals surface area contributed by atoms with Crippen LogP contribution in [0.25, 0.3) is 0 Å². The van der Waals surface area contributed by atoms with Crippen molar-refractivity contribution < 1.29 is 4.79 Å². The van der Waals surface area contributed by atoms with Crippen molar-refractivity contribution in [3.8, 4) is 0 Å². The Labute approximate surface area is 134 Å². The van der Waals surface area contributed by atoms with Crippen LogP contribution in [0.5, 0.6) is 0 Å². The Morgan fingerprint density at radius 3 is 2.52 bits per heavy atom. The van der Waals surface area contributed by atoms with Gasteiger partial charge in [-0.1, -0.05) is 57.9 Å². The first-order valence-corrected chi connectivity index (χ1v) is 7.87. The normalized spacial score (nSPS) is 10.9. The average molecular weight is 346 g/mol. The molecular weight excluding hydrogens is 326 g/mol. The summed E-state index contributed by atoms with van der Waals surface area (Å²) in [6, 6.07) is 16.0. The molecule has 0 N–H and O–H groups in total. The van der Waals surface area contributed by atoms with Gasteiger partial charge in [-0.2, -0.15) is 0 Å².